The second kappa shape index (κ2) is 4.59. The number of hydrazine groups is 1. The predicted octanol–water partition coefficient (Wildman–Crippen LogP) is 2.61. The quantitative estimate of drug-likeness (QED) is 0.485. The largest absolute Gasteiger partial charge is 0.573 e. The summed E-state index contributed by atoms with van der Waals surface area (Å²) in [6.07, 6.45) is -4.72. The Balaban J connectivity index is 2.97. The number of nitrogen functional groups attached to an aromatic ring is 1. The van der Waals surface area contributed by atoms with E-state index in [2.05, 4.69) is 10.2 Å². The van der Waals surface area contributed by atoms with Crippen LogP contribution in [0.4, 0.5) is 18.9 Å². The number of rotatable bonds is 3. The number of nitrogens with one attached hydrogen (secondary N) is 1. The Hall–Kier alpha value is -1.14. The summed E-state index contributed by atoms with van der Waals surface area (Å²) in [5.74, 6) is 4.68. The molecule has 0 spiro atoms. The normalized spacial score (nSPS) is 11.3. The highest BCUT2D eigenvalue weighted by Gasteiger charge is 2.31. The average molecular weight is 241 g/mol. The van der Waals surface area contributed by atoms with Crippen LogP contribution in [0.15, 0.2) is 18.2 Å². The molecule has 15 heavy (non-hydrogen) atoms. The van der Waals surface area contributed by atoms with Crippen molar-refractivity contribution in [3.8, 4) is 5.75 Å². The number of anilines is 1. The average Bonchev–Trinajstić information content (AvgIpc) is 2.16. The van der Waals surface area contributed by atoms with Crippen LogP contribution in [0.25, 0.3) is 0 Å². The highest BCUT2D eigenvalue weighted by atomic mass is 35.5. The van der Waals surface area contributed by atoms with Crippen molar-refractivity contribution in [2.75, 3.05) is 5.43 Å². The molecule has 3 nitrogen and oxygen atoms in total. The summed E-state index contributed by atoms with van der Waals surface area (Å²) in [5.41, 5.74) is 2.97. The maximum atomic E-state index is 11.9. The molecule has 0 bridgehead atoms. The van der Waals surface area contributed by atoms with Gasteiger partial charge in [0.15, 0.2) is 0 Å². The molecule has 1 rings (SSSR count). The van der Waals surface area contributed by atoms with Crippen molar-refractivity contribution in [3.63, 3.8) is 0 Å². The maximum Gasteiger partial charge on any atom is 0.573 e. The van der Waals surface area contributed by atoms with Crippen molar-refractivity contribution in [2.45, 2.75) is 12.2 Å². The van der Waals surface area contributed by atoms with Crippen molar-refractivity contribution in [3.05, 3.63) is 23.8 Å². The molecule has 0 aliphatic heterocycles. The lowest BCUT2D eigenvalue weighted by Crippen LogP contribution is -2.18. The summed E-state index contributed by atoms with van der Waals surface area (Å²) in [5, 5.41) is 0. The van der Waals surface area contributed by atoms with Crippen LogP contribution >= 0.6 is 11.6 Å². The minimum absolute atomic E-state index is 0.0963. The van der Waals surface area contributed by atoms with E-state index in [9.17, 15) is 13.2 Å². The van der Waals surface area contributed by atoms with E-state index >= 15 is 0 Å². The molecule has 0 amide bonds. The molecule has 0 aliphatic rings. The molecule has 1 aromatic rings. The van der Waals surface area contributed by atoms with E-state index in [0.29, 0.717) is 5.69 Å². The van der Waals surface area contributed by atoms with Crippen molar-refractivity contribution in [2.24, 2.45) is 5.84 Å². The zero-order chi connectivity index (χ0) is 11.5. The Morgan fingerprint density at radius 3 is 2.53 bits per heavy atom. The van der Waals surface area contributed by atoms with E-state index in [0.717, 1.165) is 6.07 Å². The monoisotopic (exact) mass is 240 g/mol. The van der Waals surface area contributed by atoms with Crippen LogP contribution in [0.3, 0.4) is 0 Å². The summed E-state index contributed by atoms with van der Waals surface area (Å²) >= 11 is 5.47. The Kier molecular flexibility index (Phi) is 3.65. The van der Waals surface area contributed by atoms with Gasteiger partial charge in [-0.3, -0.25) is 5.84 Å². The van der Waals surface area contributed by atoms with Crippen molar-refractivity contribution in [1.82, 2.24) is 0 Å². The third kappa shape index (κ3) is 3.49. The number of nitrogens with two attached hydrogens (primary N) is 1. The second-order valence-electron chi connectivity index (χ2n) is 2.65. The SMILES string of the molecule is NNc1ccc(OC(F)(F)F)c(CCl)c1. The summed E-state index contributed by atoms with van der Waals surface area (Å²) in [6.45, 7) is 0. The molecule has 0 aromatic heterocycles. The summed E-state index contributed by atoms with van der Waals surface area (Å²) in [6, 6.07) is 3.89. The van der Waals surface area contributed by atoms with Gasteiger partial charge >= 0.3 is 6.36 Å². The van der Waals surface area contributed by atoms with Gasteiger partial charge < -0.3 is 10.2 Å². The van der Waals surface area contributed by atoms with Gasteiger partial charge in [-0.25, -0.2) is 0 Å². The first kappa shape index (κ1) is 11.9. The molecule has 0 unspecified atom stereocenters. The molecule has 1 aromatic carbocycles. The van der Waals surface area contributed by atoms with E-state index in [-0.39, 0.29) is 17.2 Å². The molecule has 84 valence electrons. The van der Waals surface area contributed by atoms with Crippen LogP contribution in [0, 0.1) is 0 Å². The molecular weight excluding hydrogens is 233 g/mol. The molecule has 7 heteroatoms. The fraction of sp³-hybridized carbons (Fsp3) is 0.250. The number of benzene rings is 1. The lowest BCUT2D eigenvalue weighted by molar-refractivity contribution is -0.274. The number of halogens is 4. The number of hydrogen-bond acceptors (Lipinski definition) is 3. The summed E-state index contributed by atoms with van der Waals surface area (Å²) in [4.78, 5) is 0. The first-order valence-electron chi connectivity index (χ1n) is 3.87. The first-order valence-corrected chi connectivity index (χ1v) is 4.41. The highest BCUT2D eigenvalue weighted by Crippen LogP contribution is 2.29. The minimum atomic E-state index is -4.72. The Morgan fingerprint density at radius 2 is 2.07 bits per heavy atom. The fourth-order valence-electron chi connectivity index (χ4n) is 0.998. The Labute approximate surface area is 88.9 Å². The highest BCUT2D eigenvalue weighted by molar-refractivity contribution is 6.17. The first-order chi connectivity index (χ1) is 6.96. The van der Waals surface area contributed by atoms with Gasteiger partial charge in [0.2, 0.25) is 0 Å². The van der Waals surface area contributed by atoms with Gasteiger partial charge in [-0.2, -0.15) is 0 Å². The number of hydrogen-bond donors (Lipinski definition) is 2. The standard InChI is InChI=1S/C8H8ClF3N2O/c9-4-5-3-6(14-13)1-2-7(5)15-8(10,11)12/h1-3,14H,4,13H2. The van der Waals surface area contributed by atoms with Crippen LogP contribution in [-0.4, -0.2) is 6.36 Å². The zero-order valence-electron chi connectivity index (χ0n) is 7.44. The molecular formula is C8H8ClF3N2O. The van der Waals surface area contributed by atoms with Crippen LogP contribution < -0.4 is 16.0 Å². The molecule has 0 aliphatic carbocycles. The van der Waals surface area contributed by atoms with Gasteiger partial charge in [-0.1, -0.05) is 0 Å². The van der Waals surface area contributed by atoms with Crippen LogP contribution in [0.1, 0.15) is 5.56 Å². The Morgan fingerprint density at radius 1 is 1.40 bits per heavy atom. The van der Waals surface area contributed by atoms with E-state index in [1.165, 1.54) is 12.1 Å². The molecule has 0 heterocycles. The van der Waals surface area contributed by atoms with Crippen molar-refractivity contribution < 1.29 is 17.9 Å². The molecule has 0 saturated carbocycles. The molecule has 0 saturated heterocycles. The second-order valence-corrected chi connectivity index (χ2v) is 2.92. The fourth-order valence-corrected chi connectivity index (χ4v) is 1.21. The van der Waals surface area contributed by atoms with Crippen LogP contribution in [0.2, 0.25) is 0 Å². The molecule has 0 atom stereocenters. The molecule has 0 fully saturated rings. The van der Waals surface area contributed by atoms with E-state index < -0.39 is 6.36 Å². The van der Waals surface area contributed by atoms with E-state index in [1.807, 2.05) is 0 Å². The number of alkyl halides is 4. The minimum Gasteiger partial charge on any atom is -0.405 e. The van der Waals surface area contributed by atoms with Crippen molar-refractivity contribution in [1.29, 1.82) is 0 Å². The lowest BCUT2D eigenvalue weighted by Gasteiger charge is -2.12. The van der Waals surface area contributed by atoms with Gasteiger partial charge in [0.05, 0.1) is 5.88 Å². The van der Waals surface area contributed by atoms with Crippen LogP contribution in [-0.2, 0) is 5.88 Å². The lowest BCUT2D eigenvalue weighted by atomic mass is 10.2. The smallest absolute Gasteiger partial charge is 0.405 e. The summed E-state index contributed by atoms with van der Waals surface area (Å²) < 4.78 is 39.6. The van der Waals surface area contributed by atoms with Crippen LogP contribution in [0.5, 0.6) is 5.75 Å². The van der Waals surface area contributed by atoms with E-state index in [4.69, 9.17) is 17.4 Å². The Bertz CT molecular complexity index is 343. The zero-order valence-corrected chi connectivity index (χ0v) is 8.19. The third-order valence-electron chi connectivity index (χ3n) is 1.60. The summed E-state index contributed by atoms with van der Waals surface area (Å²) in [7, 11) is 0. The van der Waals surface area contributed by atoms with Gasteiger partial charge in [-0.15, -0.1) is 24.8 Å². The molecule has 0 radical (unpaired) electrons. The van der Waals surface area contributed by atoms with E-state index in [1.54, 1.807) is 0 Å². The number of ether oxygens (including phenoxy) is 1. The maximum absolute atomic E-state index is 11.9. The van der Waals surface area contributed by atoms with Gasteiger partial charge in [0.1, 0.15) is 5.75 Å². The molecule has 3 N–H and O–H groups in total. The van der Waals surface area contributed by atoms with Gasteiger partial charge in [-0.05, 0) is 18.2 Å². The third-order valence-corrected chi connectivity index (χ3v) is 1.88. The van der Waals surface area contributed by atoms with Gasteiger partial charge in [0.25, 0.3) is 0 Å². The predicted molar refractivity (Wildman–Crippen MR) is 50.5 cm³/mol. The van der Waals surface area contributed by atoms with Gasteiger partial charge in [0, 0.05) is 11.3 Å². The van der Waals surface area contributed by atoms with Crippen molar-refractivity contribution >= 4 is 17.3 Å². The topological polar surface area (TPSA) is 47.3 Å².